The van der Waals surface area contributed by atoms with Crippen LogP contribution in [0.4, 0.5) is 5.69 Å². The molecule has 9 heteroatoms. The molecule has 0 saturated heterocycles. The van der Waals surface area contributed by atoms with E-state index >= 15 is 0 Å². The fourth-order valence-corrected chi connectivity index (χ4v) is 1.76. The number of nitrogens with zero attached hydrogens (tertiary/aromatic N) is 4. The van der Waals surface area contributed by atoms with E-state index in [0.717, 1.165) is 0 Å². The average Bonchev–Trinajstić information content (AvgIpc) is 2.56. The Hall–Kier alpha value is -2.03. The van der Waals surface area contributed by atoms with Gasteiger partial charge in [-0.3, -0.25) is 10.1 Å². The van der Waals surface area contributed by atoms with Crippen LogP contribution in [0.15, 0.2) is 22.8 Å². The largest absolute Gasteiger partial charge is 0.339 e. The van der Waals surface area contributed by atoms with Gasteiger partial charge in [0.05, 0.1) is 20.4 Å². The molecule has 8 nitrogen and oxygen atoms in total. The average molecular weight is 287 g/mol. The lowest BCUT2D eigenvalue weighted by atomic mass is 10.2. The van der Waals surface area contributed by atoms with E-state index in [9.17, 15) is 20.2 Å². The lowest BCUT2D eigenvalue weighted by Gasteiger charge is -1.93. The summed E-state index contributed by atoms with van der Waals surface area (Å²) in [5.41, 5.74) is 0.0542. The number of halogens is 1. The normalized spacial score (nSPS) is 10.6. The summed E-state index contributed by atoms with van der Waals surface area (Å²) in [6.07, 6.45) is 0. The van der Waals surface area contributed by atoms with Crippen LogP contribution in [0.1, 0.15) is 0 Å². The van der Waals surface area contributed by atoms with Crippen LogP contribution in [0, 0.1) is 20.2 Å². The molecule has 0 fully saturated rings. The van der Waals surface area contributed by atoms with Gasteiger partial charge in [-0.2, -0.15) is 0 Å². The van der Waals surface area contributed by atoms with Gasteiger partial charge in [-0.15, -0.1) is 0 Å². The van der Waals surface area contributed by atoms with Gasteiger partial charge < -0.3 is 10.1 Å². The molecule has 0 aliphatic heterocycles. The molecule has 1 aromatic carbocycles. The van der Waals surface area contributed by atoms with Crippen molar-refractivity contribution < 1.29 is 9.96 Å². The first kappa shape index (κ1) is 10.5. The van der Waals surface area contributed by atoms with Crippen LogP contribution in [0.5, 0.6) is 0 Å². The van der Waals surface area contributed by atoms with Gasteiger partial charge in [0, 0.05) is 32.9 Å². The minimum Gasteiger partial charge on any atom is -0.339 e. The van der Waals surface area contributed by atoms with E-state index in [1.807, 2.05) is 0 Å². The van der Waals surface area contributed by atoms with Crippen molar-refractivity contribution in [3.8, 4) is 0 Å². The van der Waals surface area contributed by atoms with Gasteiger partial charge in [0.15, 0.2) is 0 Å². The maximum absolute atomic E-state index is 10.6. The molecule has 2 aromatic rings. The van der Waals surface area contributed by atoms with Gasteiger partial charge in [0.1, 0.15) is 5.52 Å². The standard InChI is InChI=1S/C7H3BrN4O4/c8-7-5-3-4(11(13)14)1-2-6(5)10(9-7)12(15)16/h1-3H. The first-order valence-corrected chi connectivity index (χ1v) is 4.77. The molecule has 0 amide bonds. The molecule has 0 aliphatic rings. The van der Waals surface area contributed by atoms with Crippen molar-refractivity contribution in [2.45, 2.75) is 0 Å². The van der Waals surface area contributed by atoms with Crippen molar-refractivity contribution in [1.82, 2.24) is 9.89 Å². The predicted molar refractivity (Wildman–Crippen MR) is 56.5 cm³/mol. The maximum Gasteiger partial charge on any atom is 0.270 e. The monoisotopic (exact) mass is 286 g/mol. The van der Waals surface area contributed by atoms with Crippen LogP contribution >= 0.6 is 15.9 Å². The van der Waals surface area contributed by atoms with Crippen LogP contribution in [-0.4, -0.2) is 19.8 Å². The van der Waals surface area contributed by atoms with Crippen molar-refractivity contribution in [3.63, 3.8) is 0 Å². The fourth-order valence-electron chi connectivity index (χ4n) is 1.29. The van der Waals surface area contributed by atoms with Gasteiger partial charge in [-0.1, -0.05) is 0 Å². The molecule has 1 aromatic heterocycles. The SMILES string of the molecule is O=[N+]([O-])c1ccc2c(c1)c(Br)nn2[N+](=O)[O-]. The van der Waals surface area contributed by atoms with Gasteiger partial charge >= 0.3 is 0 Å². The Morgan fingerprint density at radius 2 is 2.00 bits per heavy atom. The molecule has 82 valence electrons. The summed E-state index contributed by atoms with van der Waals surface area (Å²) in [7, 11) is 0. The Morgan fingerprint density at radius 3 is 2.56 bits per heavy atom. The quantitative estimate of drug-likeness (QED) is 0.618. The Labute approximate surface area is 95.9 Å². The Balaban J connectivity index is 2.76. The van der Waals surface area contributed by atoms with Crippen molar-refractivity contribution in [3.05, 3.63) is 43.0 Å². The second kappa shape index (κ2) is 3.52. The van der Waals surface area contributed by atoms with Gasteiger partial charge in [-0.25, -0.2) is 0 Å². The van der Waals surface area contributed by atoms with Crippen molar-refractivity contribution in [2.75, 3.05) is 0 Å². The molecule has 2 rings (SSSR count). The number of hydrogen-bond acceptors (Lipinski definition) is 5. The molecule has 0 atom stereocenters. The number of hydrogen-bond donors (Lipinski definition) is 0. The van der Waals surface area contributed by atoms with Crippen molar-refractivity contribution in [2.24, 2.45) is 0 Å². The van der Waals surface area contributed by atoms with Crippen LogP contribution in [0.2, 0.25) is 0 Å². The van der Waals surface area contributed by atoms with Crippen LogP contribution < -0.4 is 0 Å². The summed E-state index contributed by atoms with van der Waals surface area (Å²) in [5.74, 6) is 0. The van der Waals surface area contributed by atoms with Crippen LogP contribution in [0.25, 0.3) is 10.9 Å². The van der Waals surface area contributed by atoms with Crippen LogP contribution in [-0.2, 0) is 0 Å². The summed E-state index contributed by atoms with van der Waals surface area (Å²) >= 11 is 3.01. The molecule has 0 spiro atoms. The number of benzene rings is 1. The highest BCUT2D eigenvalue weighted by Crippen LogP contribution is 2.26. The van der Waals surface area contributed by atoms with E-state index in [4.69, 9.17) is 0 Å². The molecule has 0 unspecified atom stereocenters. The number of aromatic nitrogens is 2. The van der Waals surface area contributed by atoms with Gasteiger partial charge in [0.2, 0.25) is 0 Å². The number of rotatable bonds is 2. The third-order valence-corrected chi connectivity index (χ3v) is 2.55. The number of nitro benzene ring substituents is 1. The molecule has 0 bridgehead atoms. The van der Waals surface area contributed by atoms with E-state index in [0.29, 0.717) is 10.2 Å². The molecular formula is C7H3BrN4O4. The lowest BCUT2D eigenvalue weighted by Crippen LogP contribution is -2.09. The first-order chi connectivity index (χ1) is 7.50. The molecule has 16 heavy (non-hydrogen) atoms. The zero-order valence-corrected chi connectivity index (χ0v) is 9.12. The molecule has 0 N–H and O–H groups in total. The molecular weight excluding hydrogens is 284 g/mol. The second-order valence-corrected chi connectivity index (χ2v) is 3.63. The summed E-state index contributed by atoms with van der Waals surface area (Å²) in [6.45, 7) is 0. The minimum absolute atomic E-state index is 0.143. The Morgan fingerprint density at radius 1 is 1.31 bits per heavy atom. The maximum atomic E-state index is 10.6. The lowest BCUT2D eigenvalue weighted by molar-refractivity contribution is -0.548. The summed E-state index contributed by atoms with van der Waals surface area (Å²) in [5, 5.41) is 24.3. The molecule has 0 saturated carbocycles. The van der Waals surface area contributed by atoms with Gasteiger partial charge in [0.25, 0.3) is 10.3 Å². The van der Waals surface area contributed by atoms with E-state index in [-0.39, 0.29) is 15.8 Å². The smallest absolute Gasteiger partial charge is 0.270 e. The highest BCUT2D eigenvalue weighted by atomic mass is 79.9. The third-order valence-electron chi connectivity index (χ3n) is 1.97. The minimum atomic E-state index is -0.709. The van der Waals surface area contributed by atoms with Gasteiger partial charge in [-0.05, 0) is 6.07 Å². The third kappa shape index (κ3) is 1.50. The Bertz CT molecular complexity index is 608. The van der Waals surface area contributed by atoms with Crippen molar-refractivity contribution >= 4 is 32.5 Å². The van der Waals surface area contributed by atoms with E-state index < -0.39 is 9.96 Å². The van der Waals surface area contributed by atoms with Crippen LogP contribution in [0.3, 0.4) is 0 Å². The fraction of sp³-hybridized carbons (Fsp3) is 0. The van der Waals surface area contributed by atoms with Crippen molar-refractivity contribution in [1.29, 1.82) is 0 Å². The van der Waals surface area contributed by atoms with E-state index in [1.54, 1.807) is 0 Å². The second-order valence-electron chi connectivity index (χ2n) is 2.88. The number of non-ortho nitro benzene ring substituents is 1. The summed E-state index contributed by atoms with van der Waals surface area (Å²) in [4.78, 5) is 21.1. The van der Waals surface area contributed by atoms with E-state index in [1.165, 1.54) is 18.2 Å². The van der Waals surface area contributed by atoms with E-state index in [2.05, 4.69) is 21.0 Å². The zero-order valence-electron chi connectivity index (χ0n) is 7.53. The summed E-state index contributed by atoms with van der Waals surface area (Å²) in [6, 6.07) is 3.71. The Kier molecular flexibility index (Phi) is 2.31. The molecule has 1 heterocycles. The highest BCUT2D eigenvalue weighted by Gasteiger charge is 2.20. The molecule has 0 radical (unpaired) electrons. The zero-order chi connectivity index (χ0) is 11.9. The predicted octanol–water partition coefficient (Wildman–Crippen LogP) is 1.75. The topological polar surface area (TPSA) is 104 Å². The summed E-state index contributed by atoms with van der Waals surface area (Å²) < 4.78 is 0.197. The number of nitro groups is 2. The molecule has 0 aliphatic carbocycles. The first-order valence-electron chi connectivity index (χ1n) is 3.98. The highest BCUT2D eigenvalue weighted by molar-refractivity contribution is 9.10. The number of fused-ring (bicyclic) bond motifs is 1.